The molecule has 2 N–H and O–H groups in total. The number of nitrogens with one attached hydrogen (secondary N) is 2. The van der Waals surface area contributed by atoms with E-state index in [1.54, 1.807) is 0 Å². The fraction of sp³-hybridized carbons (Fsp3) is 0.667. The fourth-order valence-corrected chi connectivity index (χ4v) is 4.30. The summed E-state index contributed by atoms with van der Waals surface area (Å²) in [6, 6.07) is 0.0626. The van der Waals surface area contributed by atoms with Gasteiger partial charge in [-0.25, -0.2) is 4.79 Å². The van der Waals surface area contributed by atoms with Crippen molar-refractivity contribution in [2.45, 2.75) is 71.5 Å². The van der Waals surface area contributed by atoms with E-state index >= 15 is 0 Å². The van der Waals surface area contributed by atoms with E-state index in [1.807, 2.05) is 18.7 Å². The molecule has 0 unspecified atom stereocenters. The van der Waals surface area contributed by atoms with Crippen molar-refractivity contribution in [3.8, 4) is 0 Å². The van der Waals surface area contributed by atoms with Gasteiger partial charge < -0.3 is 14.8 Å². The standard InChI is InChI=1S/C18H27N7O/c1-12-17(13(2)21-20-12)14-7-4-3-5-9-24(14)18(26)19-11-16-23-22-15-8-6-10-25(15)16/h14H,3-11H2,1-2H3,(H,19,26)(H,20,21)/t14-/m1/s1. The number of H-pyrrole nitrogens is 1. The van der Waals surface area contributed by atoms with Crippen LogP contribution in [-0.2, 0) is 19.5 Å². The van der Waals surface area contributed by atoms with Gasteiger partial charge in [0.05, 0.1) is 18.3 Å². The molecule has 2 aromatic rings. The molecule has 8 heteroatoms. The van der Waals surface area contributed by atoms with Crippen LogP contribution >= 0.6 is 0 Å². The first-order valence-electron chi connectivity index (χ1n) is 9.62. The summed E-state index contributed by atoms with van der Waals surface area (Å²) < 4.78 is 2.13. The van der Waals surface area contributed by atoms with E-state index in [0.717, 1.165) is 74.7 Å². The van der Waals surface area contributed by atoms with E-state index in [1.165, 1.54) is 5.56 Å². The lowest BCUT2D eigenvalue weighted by Gasteiger charge is -2.30. The molecule has 0 saturated carbocycles. The largest absolute Gasteiger partial charge is 0.331 e. The Morgan fingerprint density at radius 3 is 2.88 bits per heavy atom. The molecule has 0 bridgehead atoms. The second-order valence-corrected chi connectivity index (χ2v) is 7.35. The molecule has 2 amide bonds. The number of rotatable bonds is 3. The van der Waals surface area contributed by atoms with Crippen LogP contribution in [0, 0.1) is 13.8 Å². The molecule has 2 aromatic heterocycles. The highest BCUT2D eigenvalue weighted by Crippen LogP contribution is 2.33. The normalized spacial score (nSPS) is 20.1. The molecule has 0 radical (unpaired) electrons. The van der Waals surface area contributed by atoms with Crippen LogP contribution in [0.25, 0.3) is 0 Å². The molecule has 4 rings (SSSR count). The average molecular weight is 357 g/mol. The Kier molecular flexibility index (Phi) is 4.65. The summed E-state index contributed by atoms with van der Waals surface area (Å²) in [6.07, 6.45) is 6.41. The molecule has 1 atom stereocenters. The molecule has 4 heterocycles. The summed E-state index contributed by atoms with van der Waals surface area (Å²) in [4.78, 5) is 15.0. The highest BCUT2D eigenvalue weighted by molar-refractivity contribution is 5.74. The van der Waals surface area contributed by atoms with Gasteiger partial charge in [0.25, 0.3) is 0 Å². The van der Waals surface area contributed by atoms with E-state index in [4.69, 9.17) is 0 Å². The van der Waals surface area contributed by atoms with Crippen LogP contribution in [0.4, 0.5) is 4.79 Å². The zero-order valence-corrected chi connectivity index (χ0v) is 15.6. The number of carbonyl (C=O) groups is 1. The van der Waals surface area contributed by atoms with Gasteiger partial charge >= 0.3 is 6.03 Å². The molecule has 2 aliphatic heterocycles. The molecule has 0 spiro atoms. The van der Waals surface area contributed by atoms with Gasteiger partial charge in [-0.05, 0) is 33.1 Å². The molecule has 1 saturated heterocycles. The first kappa shape index (κ1) is 17.1. The number of aromatic amines is 1. The van der Waals surface area contributed by atoms with Gasteiger partial charge in [0.15, 0.2) is 5.82 Å². The maximum absolute atomic E-state index is 13.0. The second kappa shape index (κ2) is 7.09. The lowest BCUT2D eigenvalue weighted by atomic mass is 9.99. The number of fused-ring (bicyclic) bond motifs is 1. The average Bonchev–Trinajstić information content (AvgIpc) is 3.26. The lowest BCUT2D eigenvalue weighted by molar-refractivity contribution is 0.174. The number of hydrogen-bond acceptors (Lipinski definition) is 4. The number of amides is 2. The topological polar surface area (TPSA) is 91.7 Å². The highest BCUT2D eigenvalue weighted by atomic mass is 16.2. The number of carbonyl (C=O) groups excluding carboxylic acids is 1. The Balaban J connectivity index is 1.50. The number of aromatic nitrogens is 5. The summed E-state index contributed by atoms with van der Waals surface area (Å²) in [5.41, 5.74) is 3.22. The van der Waals surface area contributed by atoms with Crippen molar-refractivity contribution < 1.29 is 4.79 Å². The van der Waals surface area contributed by atoms with Crippen LogP contribution in [0.2, 0.25) is 0 Å². The zero-order chi connectivity index (χ0) is 18.1. The zero-order valence-electron chi connectivity index (χ0n) is 15.6. The summed E-state index contributed by atoms with van der Waals surface area (Å²) in [5.74, 6) is 1.89. The quantitative estimate of drug-likeness (QED) is 0.882. The van der Waals surface area contributed by atoms with Crippen molar-refractivity contribution in [1.29, 1.82) is 0 Å². The predicted molar refractivity (Wildman–Crippen MR) is 96.6 cm³/mol. The minimum absolute atomic E-state index is 0.0211. The Labute approximate surface area is 153 Å². The van der Waals surface area contributed by atoms with Gasteiger partial charge in [-0.2, -0.15) is 5.10 Å². The molecular formula is C18H27N7O. The minimum atomic E-state index is -0.0211. The van der Waals surface area contributed by atoms with Crippen molar-refractivity contribution in [3.63, 3.8) is 0 Å². The van der Waals surface area contributed by atoms with E-state index in [2.05, 4.69) is 30.3 Å². The molecule has 1 fully saturated rings. The van der Waals surface area contributed by atoms with Gasteiger partial charge in [-0.3, -0.25) is 5.10 Å². The summed E-state index contributed by atoms with van der Waals surface area (Å²) in [6.45, 7) is 6.21. The first-order chi connectivity index (χ1) is 12.6. The molecule has 26 heavy (non-hydrogen) atoms. The smallest absolute Gasteiger partial charge is 0.318 e. The molecular weight excluding hydrogens is 330 g/mol. The second-order valence-electron chi connectivity index (χ2n) is 7.35. The summed E-state index contributed by atoms with van der Waals surface area (Å²) >= 11 is 0. The lowest BCUT2D eigenvalue weighted by Crippen LogP contribution is -2.42. The van der Waals surface area contributed by atoms with Gasteiger partial charge in [-0.1, -0.05) is 12.8 Å². The Hall–Kier alpha value is -2.38. The van der Waals surface area contributed by atoms with Gasteiger partial charge in [0, 0.05) is 30.8 Å². The van der Waals surface area contributed by atoms with Gasteiger partial charge in [0.1, 0.15) is 5.82 Å². The van der Waals surface area contributed by atoms with Crippen molar-refractivity contribution in [2.75, 3.05) is 6.54 Å². The van der Waals surface area contributed by atoms with Gasteiger partial charge in [0.2, 0.25) is 0 Å². The monoisotopic (exact) mass is 357 g/mol. The minimum Gasteiger partial charge on any atom is -0.331 e. The Morgan fingerprint density at radius 1 is 1.19 bits per heavy atom. The van der Waals surface area contributed by atoms with E-state index in [9.17, 15) is 4.79 Å². The Morgan fingerprint density at radius 2 is 2.08 bits per heavy atom. The molecule has 0 aliphatic carbocycles. The van der Waals surface area contributed by atoms with Crippen molar-refractivity contribution in [3.05, 3.63) is 28.6 Å². The third-order valence-corrected chi connectivity index (χ3v) is 5.62. The SMILES string of the molecule is Cc1n[nH]c(C)c1[C@H]1CCCCCN1C(=O)NCc1nnc2n1CCC2. The van der Waals surface area contributed by atoms with Crippen LogP contribution in [-0.4, -0.2) is 42.4 Å². The number of hydrogen-bond donors (Lipinski definition) is 2. The Bertz CT molecular complexity index is 774. The van der Waals surface area contributed by atoms with Crippen molar-refractivity contribution in [2.24, 2.45) is 0 Å². The third-order valence-electron chi connectivity index (χ3n) is 5.62. The van der Waals surface area contributed by atoms with E-state index < -0.39 is 0 Å². The number of likely N-dealkylation sites (tertiary alicyclic amines) is 1. The van der Waals surface area contributed by atoms with E-state index in [-0.39, 0.29) is 12.1 Å². The van der Waals surface area contributed by atoms with E-state index in [0.29, 0.717) is 6.54 Å². The van der Waals surface area contributed by atoms with Crippen LogP contribution in [0.15, 0.2) is 0 Å². The maximum Gasteiger partial charge on any atom is 0.318 e. The summed E-state index contributed by atoms with van der Waals surface area (Å²) in [5, 5.41) is 18.9. The fourth-order valence-electron chi connectivity index (χ4n) is 4.30. The molecule has 2 aliphatic rings. The third kappa shape index (κ3) is 3.08. The number of nitrogens with zero attached hydrogens (tertiary/aromatic N) is 5. The first-order valence-corrected chi connectivity index (χ1v) is 9.62. The van der Waals surface area contributed by atoms with Crippen LogP contribution in [0.3, 0.4) is 0 Å². The van der Waals surface area contributed by atoms with Crippen LogP contribution in [0.1, 0.15) is 66.7 Å². The van der Waals surface area contributed by atoms with Crippen molar-refractivity contribution >= 4 is 6.03 Å². The van der Waals surface area contributed by atoms with Crippen molar-refractivity contribution in [1.82, 2.24) is 35.2 Å². The molecule has 140 valence electrons. The number of aryl methyl sites for hydroxylation is 3. The highest BCUT2D eigenvalue weighted by Gasteiger charge is 2.30. The molecule has 0 aromatic carbocycles. The summed E-state index contributed by atoms with van der Waals surface area (Å²) in [7, 11) is 0. The predicted octanol–water partition coefficient (Wildman–Crippen LogP) is 2.39. The molecule has 8 nitrogen and oxygen atoms in total. The maximum atomic E-state index is 13.0. The number of urea groups is 1. The van der Waals surface area contributed by atoms with Crippen LogP contribution in [0.5, 0.6) is 0 Å². The van der Waals surface area contributed by atoms with Gasteiger partial charge in [-0.15, -0.1) is 10.2 Å². The van der Waals surface area contributed by atoms with Crippen LogP contribution < -0.4 is 5.32 Å².